The molecule has 0 heterocycles. The highest BCUT2D eigenvalue weighted by Gasteiger charge is 1.97. The van der Waals surface area contributed by atoms with E-state index in [2.05, 4.69) is 5.32 Å². The third-order valence-corrected chi connectivity index (χ3v) is 1.65. The lowest BCUT2D eigenvalue weighted by Gasteiger charge is -2.12. The second kappa shape index (κ2) is 3.80. The van der Waals surface area contributed by atoms with Crippen LogP contribution in [0.4, 0.5) is 16.2 Å². The van der Waals surface area contributed by atoms with Gasteiger partial charge in [0.1, 0.15) is 0 Å². The molecule has 0 bridgehead atoms. The molecule has 3 N–H and O–H groups in total. The van der Waals surface area contributed by atoms with Crippen molar-refractivity contribution < 1.29 is 4.79 Å². The lowest BCUT2D eigenvalue weighted by atomic mass is 10.2. The molecule has 0 unspecified atom stereocenters. The first-order valence-electron chi connectivity index (χ1n) is 3.93. The fourth-order valence-electron chi connectivity index (χ4n) is 0.985. The van der Waals surface area contributed by atoms with Gasteiger partial charge in [0.2, 0.25) is 0 Å². The maximum Gasteiger partial charge on any atom is 0.316 e. The molecule has 0 aromatic heterocycles. The van der Waals surface area contributed by atoms with Crippen molar-refractivity contribution in [3.05, 3.63) is 24.3 Å². The summed E-state index contributed by atoms with van der Waals surface area (Å²) in [5.74, 6) is 0. The zero-order valence-corrected chi connectivity index (χ0v) is 7.74. The van der Waals surface area contributed by atoms with Gasteiger partial charge in [0, 0.05) is 25.5 Å². The highest BCUT2D eigenvalue weighted by atomic mass is 16.2. The molecule has 1 aromatic carbocycles. The summed E-state index contributed by atoms with van der Waals surface area (Å²) in [4.78, 5) is 12.5. The summed E-state index contributed by atoms with van der Waals surface area (Å²) in [6.45, 7) is 0. The molecule has 2 amide bonds. The summed E-state index contributed by atoms with van der Waals surface area (Å²) in [5.41, 5.74) is 6.75. The zero-order valence-electron chi connectivity index (χ0n) is 7.74. The van der Waals surface area contributed by atoms with E-state index in [9.17, 15) is 4.79 Å². The lowest BCUT2D eigenvalue weighted by Crippen LogP contribution is -2.19. The SMILES string of the molecule is CN(C)c1ccc(NC(N)=O)cc1. The van der Waals surface area contributed by atoms with Crippen LogP contribution in [0.1, 0.15) is 0 Å². The summed E-state index contributed by atoms with van der Waals surface area (Å²) in [6, 6.07) is 6.88. The third-order valence-electron chi connectivity index (χ3n) is 1.65. The van der Waals surface area contributed by atoms with Gasteiger partial charge in [-0.2, -0.15) is 0 Å². The molecule has 0 spiro atoms. The van der Waals surface area contributed by atoms with Crippen molar-refractivity contribution in [2.24, 2.45) is 5.73 Å². The molecule has 0 radical (unpaired) electrons. The predicted molar refractivity (Wildman–Crippen MR) is 54.0 cm³/mol. The molecule has 0 aliphatic rings. The van der Waals surface area contributed by atoms with Crippen LogP contribution in [0.3, 0.4) is 0 Å². The summed E-state index contributed by atoms with van der Waals surface area (Å²) >= 11 is 0. The van der Waals surface area contributed by atoms with Gasteiger partial charge in [-0.25, -0.2) is 4.79 Å². The Balaban J connectivity index is 2.75. The van der Waals surface area contributed by atoms with Gasteiger partial charge < -0.3 is 16.0 Å². The molecule has 0 fully saturated rings. The van der Waals surface area contributed by atoms with Crippen molar-refractivity contribution in [2.45, 2.75) is 0 Å². The fourth-order valence-corrected chi connectivity index (χ4v) is 0.985. The van der Waals surface area contributed by atoms with Gasteiger partial charge in [-0.05, 0) is 24.3 Å². The molecule has 0 aliphatic carbocycles. The molecule has 0 aliphatic heterocycles. The van der Waals surface area contributed by atoms with Gasteiger partial charge in [-0.1, -0.05) is 0 Å². The maximum absolute atomic E-state index is 10.5. The molecular formula is C9H13N3O. The Bertz CT molecular complexity index is 292. The summed E-state index contributed by atoms with van der Waals surface area (Å²) < 4.78 is 0. The monoisotopic (exact) mass is 179 g/mol. The first-order valence-corrected chi connectivity index (χ1v) is 3.93. The van der Waals surface area contributed by atoms with Crippen molar-refractivity contribution in [2.75, 3.05) is 24.3 Å². The topological polar surface area (TPSA) is 58.4 Å². The fraction of sp³-hybridized carbons (Fsp3) is 0.222. The number of primary amides is 1. The van der Waals surface area contributed by atoms with Gasteiger partial charge in [0.15, 0.2) is 0 Å². The van der Waals surface area contributed by atoms with Crippen LogP contribution in [0.5, 0.6) is 0 Å². The van der Waals surface area contributed by atoms with Gasteiger partial charge >= 0.3 is 6.03 Å². The van der Waals surface area contributed by atoms with Crippen LogP contribution >= 0.6 is 0 Å². The van der Waals surface area contributed by atoms with Crippen LogP contribution in [-0.4, -0.2) is 20.1 Å². The Morgan fingerprint density at radius 3 is 2.23 bits per heavy atom. The van der Waals surface area contributed by atoms with Crippen LogP contribution < -0.4 is 16.0 Å². The van der Waals surface area contributed by atoms with Crippen molar-refractivity contribution in [1.29, 1.82) is 0 Å². The van der Waals surface area contributed by atoms with Crippen molar-refractivity contribution in [1.82, 2.24) is 0 Å². The number of carbonyl (C=O) groups excluding carboxylic acids is 1. The largest absolute Gasteiger partial charge is 0.378 e. The second-order valence-electron chi connectivity index (χ2n) is 2.93. The Morgan fingerprint density at radius 2 is 1.85 bits per heavy atom. The smallest absolute Gasteiger partial charge is 0.316 e. The number of urea groups is 1. The number of nitrogens with one attached hydrogen (secondary N) is 1. The van der Waals surface area contributed by atoms with Gasteiger partial charge in [0.25, 0.3) is 0 Å². The molecule has 0 saturated heterocycles. The number of rotatable bonds is 2. The molecule has 70 valence electrons. The summed E-state index contributed by atoms with van der Waals surface area (Å²) in [7, 11) is 3.91. The van der Waals surface area contributed by atoms with E-state index >= 15 is 0 Å². The molecular weight excluding hydrogens is 166 g/mol. The van der Waals surface area contributed by atoms with E-state index in [1.807, 2.05) is 31.1 Å². The first-order chi connectivity index (χ1) is 6.09. The zero-order chi connectivity index (χ0) is 9.84. The third kappa shape index (κ3) is 2.66. The standard InChI is InChI=1S/C9H13N3O/c1-12(2)8-5-3-7(4-6-8)11-9(10)13/h3-6H,1-2H3,(H3,10,11,13). The second-order valence-corrected chi connectivity index (χ2v) is 2.93. The van der Waals surface area contributed by atoms with Crippen LogP contribution in [0.15, 0.2) is 24.3 Å². The minimum absolute atomic E-state index is 0.544. The highest BCUT2D eigenvalue weighted by molar-refractivity contribution is 5.87. The van der Waals surface area contributed by atoms with Crippen LogP contribution in [0.2, 0.25) is 0 Å². The Morgan fingerprint density at radius 1 is 1.31 bits per heavy atom. The van der Waals surface area contributed by atoms with Crippen LogP contribution in [-0.2, 0) is 0 Å². The summed E-state index contributed by atoms with van der Waals surface area (Å²) in [5, 5.41) is 2.49. The molecule has 1 aromatic rings. The van der Waals surface area contributed by atoms with E-state index in [0.29, 0.717) is 5.69 Å². The van der Waals surface area contributed by atoms with E-state index in [1.165, 1.54) is 0 Å². The first kappa shape index (κ1) is 9.38. The van der Waals surface area contributed by atoms with E-state index in [0.717, 1.165) is 5.69 Å². The number of hydrogen-bond donors (Lipinski definition) is 2. The average molecular weight is 179 g/mol. The quantitative estimate of drug-likeness (QED) is 0.717. The van der Waals surface area contributed by atoms with Crippen molar-refractivity contribution in [3.63, 3.8) is 0 Å². The molecule has 1 rings (SSSR count). The minimum Gasteiger partial charge on any atom is -0.378 e. The minimum atomic E-state index is -0.544. The number of amides is 2. The summed E-state index contributed by atoms with van der Waals surface area (Å²) in [6.07, 6.45) is 0. The van der Waals surface area contributed by atoms with Crippen molar-refractivity contribution >= 4 is 17.4 Å². The maximum atomic E-state index is 10.5. The number of nitrogens with zero attached hydrogens (tertiary/aromatic N) is 1. The molecule has 4 heteroatoms. The van der Waals surface area contributed by atoms with Gasteiger partial charge in [-0.3, -0.25) is 0 Å². The Labute approximate surface area is 77.3 Å². The lowest BCUT2D eigenvalue weighted by molar-refractivity contribution is 0.259. The predicted octanol–water partition coefficient (Wildman–Crippen LogP) is 1.24. The Kier molecular flexibility index (Phi) is 2.74. The van der Waals surface area contributed by atoms with Gasteiger partial charge in [-0.15, -0.1) is 0 Å². The van der Waals surface area contributed by atoms with E-state index in [-0.39, 0.29) is 0 Å². The molecule has 4 nitrogen and oxygen atoms in total. The van der Waals surface area contributed by atoms with E-state index < -0.39 is 6.03 Å². The number of anilines is 2. The molecule has 13 heavy (non-hydrogen) atoms. The van der Waals surface area contributed by atoms with E-state index in [4.69, 9.17) is 5.73 Å². The number of carbonyl (C=O) groups is 1. The Hall–Kier alpha value is -1.71. The molecule has 0 atom stereocenters. The van der Waals surface area contributed by atoms with Gasteiger partial charge in [0.05, 0.1) is 0 Å². The van der Waals surface area contributed by atoms with Crippen LogP contribution in [0, 0.1) is 0 Å². The van der Waals surface area contributed by atoms with E-state index in [1.54, 1.807) is 12.1 Å². The number of benzene rings is 1. The normalized spacial score (nSPS) is 9.38. The average Bonchev–Trinajstić information content (AvgIpc) is 2.04. The highest BCUT2D eigenvalue weighted by Crippen LogP contribution is 2.14. The number of nitrogens with two attached hydrogens (primary N) is 1. The van der Waals surface area contributed by atoms with Crippen LogP contribution in [0.25, 0.3) is 0 Å². The van der Waals surface area contributed by atoms with Crippen molar-refractivity contribution in [3.8, 4) is 0 Å². The number of hydrogen-bond acceptors (Lipinski definition) is 2. The molecule has 0 saturated carbocycles.